The van der Waals surface area contributed by atoms with Crippen molar-refractivity contribution in [1.29, 1.82) is 0 Å². The summed E-state index contributed by atoms with van der Waals surface area (Å²) in [5.74, 6) is -0.0281. The van der Waals surface area contributed by atoms with Crippen molar-refractivity contribution in [3.05, 3.63) is 77.6 Å². The molecule has 0 spiro atoms. The van der Waals surface area contributed by atoms with Gasteiger partial charge in [-0.05, 0) is 49.1 Å². The maximum atomic E-state index is 12.8. The zero-order valence-electron chi connectivity index (χ0n) is 17.1. The van der Waals surface area contributed by atoms with Crippen molar-refractivity contribution in [2.75, 3.05) is 13.1 Å². The molecule has 2 heterocycles. The smallest absolute Gasteiger partial charge is 0.251 e. The molecule has 2 aromatic carbocycles. The van der Waals surface area contributed by atoms with Crippen molar-refractivity contribution >= 4 is 5.91 Å². The molecule has 29 heavy (non-hydrogen) atoms. The predicted molar refractivity (Wildman–Crippen MR) is 116 cm³/mol. The lowest BCUT2D eigenvalue weighted by Gasteiger charge is -2.31. The van der Waals surface area contributed by atoms with Crippen LogP contribution in [0.2, 0.25) is 0 Å². The highest BCUT2D eigenvalue weighted by molar-refractivity contribution is 5.95. The van der Waals surface area contributed by atoms with E-state index in [4.69, 9.17) is 0 Å². The van der Waals surface area contributed by atoms with Crippen molar-refractivity contribution < 1.29 is 4.79 Å². The molecule has 0 fully saturated rings. The lowest BCUT2D eigenvalue weighted by molar-refractivity contribution is 0.0927. The second-order valence-corrected chi connectivity index (χ2v) is 7.79. The summed E-state index contributed by atoms with van der Waals surface area (Å²) in [4.78, 5) is 15.2. The minimum atomic E-state index is -0.0281. The molecule has 3 aromatic rings. The first-order valence-electron chi connectivity index (χ1n) is 10.3. The normalized spacial score (nSPS) is 15.0. The van der Waals surface area contributed by atoms with Crippen molar-refractivity contribution in [2.45, 2.75) is 39.4 Å². The van der Waals surface area contributed by atoms with Crippen LogP contribution in [0.5, 0.6) is 0 Å². The van der Waals surface area contributed by atoms with Gasteiger partial charge in [-0.15, -0.1) is 0 Å². The molecule has 1 N–H and O–H groups in total. The van der Waals surface area contributed by atoms with Gasteiger partial charge in [-0.1, -0.05) is 36.4 Å². The van der Waals surface area contributed by atoms with Crippen LogP contribution in [0.15, 0.2) is 60.9 Å². The number of carbonyl (C=O) groups is 1. The number of fused-ring (bicyclic) bond motifs is 1. The topological polar surface area (TPSA) is 50.2 Å². The number of amides is 1. The van der Waals surface area contributed by atoms with Crippen LogP contribution in [-0.4, -0.2) is 39.7 Å². The van der Waals surface area contributed by atoms with Crippen molar-refractivity contribution in [2.24, 2.45) is 0 Å². The van der Waals surface area contributed by atoms with Crippen LogP contribution in [0.3, 0.4) is 0 Å². The summed E-state index contributed by atoms with van der Waals surface area (Å²) in [5.41, 5.74) is 5.57. The summed E-state index contributed by atoms with van der Waals surface area (Å²) in [5, 5.41) is 7.49. The summed E-state index contributed by atoms with van der Waals surface area (Å²) in [6.07, 6.45) is 4.93. The Bertz CT molecular complexity index is 994. The van der Waals surface area contributed by atoms with Crippen molar-refractivity contribution in [3.63, 3.8) is 0 Å². The Hall–Kier alpha value is -2.92. The van der Waals surface area contributed by atoms with Crippen LogP contribution in [-0.2, 0) is 19.5 Å². The van der Waals surface area contributed by atoms with E-state index < -0.39 is 0 Å². The van der Waals surface area contributed by atoms with E-state index in [1.807, 2.05) is 41.3 Å². The number of hydrogen-bond acceptors (Lipinski definition) is 3. The Kier molecular flexibility index (Phi) is 5.76. The zero-order chi connectivity index (χ0) is 20.2. The van der Waals surface area contributed by atoms with Crippen LogP contribution in [0.1, 0.15) is 35.3 Å². The highest BCUT2D eigenvalue weighted by Gasteiger charge is 2.19. The third-order valence-corrected chi connectivity index (χ3v) is 5.53. The van der Waals surface area contributed by atoms with Gasteiger partial charge in [0.15, 0.2) is 0 Å². The van der Waals surface area contributed by atoms with Gasteiger partial charge in [0.25, 0.3) is 5.91 Å². The number of nitrogens with one attached hydrogen (secondary N) is 1. The highest BCUT2D eigenvalue weighted by atomic mass is 16.1. The monoisotopic (exact) mass is 388 g/mol. The number of carbonyl (C=O) groups excluding carboxylic acids is 1. The van der Waals surface area contributed by atoms with Crippen LogP contribution in [0.4, 0.5) is 0 Å². The zero-order valence-corrected chi connectivity index (χ0v) is 17.1. The lowest BCUT2D eigenvalue weighted by atomic mass is 9.99. The second kappa shape index (κ2) is 8.62. The Balaban J connectivity index is 1.37. The Morgan fingerprint density at radius 3 is 2.76 bits per heavy atom. The third-order valence-electron chi connectivity index (χ3n) is 5.53. The minimum absolute atomic E-state index is 0.0281. The van der Waals surface area contributed by atoms with Gasteiger partial charge in [0.2, 0.25) is 0 Å². The van der Waals surface area contributed by atoms with Crippen molar-refractivity contribution in [3.8, 4) is 11.1 Å². The number of aromatic nitrogens is 2. The fourth-order valence-electron chi connectivity index (χ4n) is 3.98. The number of rotatable bonds is 6. The minimum Gasteiger partial charge on any atom is -0.348 e. The first kappa shape index (κ1) is 19.4. The molecule has 5 nitrogen and oxygen atoms in total. The largest absolute Gasteiger partial charge is 0.348 e. The molecule has 150 valence electrons. The summed E-state index contributed by atoms with van der Waals surface area (Å²) in [6, 6.07) is 16.5. The summed E-state index contributed by atoms with van der Waals surface area (Å²) in [7, 11) is 0. The Morgan fingerprint density at radius 2 is 1.97 bits per heavy atom. The summed E-state index contributed by atoms with van der Waals surface area (Å²) in [6.45, 7) is 7.81. The van der Waals surface area contributed by atoms with Crippen molar-refractivity contribution in [1.82, 2.24) is 20.0 Å². The van der Waals surface area contributed by atoms with Crippen LogP contribution < -0.4 is 5.32 Å². The van der Waals surface area contributed by atoms with Gasteiger partial charge in [-0.25, -0.2) is 0 Å². The number of hydrogen-bond donors (Lipinski definition) is 1. The SMILES string of the molecule is CCn1cc(-c2cccc(C(=O)NC(C)CN3CCc4ccccc4C3)c2)cn1. The molecule has 0 aliphatic carbocycles. The van der Waals surface area contributed by atoms with E-state index in [0.717, 1.165) is 43.7 Å². The van der Waals surface area contributed by atoms with Gasteiger partial charge in [-0.3, -0.25) is 14.4 Å². The van der Waals surface area contributed by atoms with Gasteiger partial charge < -0.3 is 5.32 Å². The highest BCUT2D eigenvalue weighted by Crippen LogP contribution is 2.21. The van der Waals surface area contributed by atoms with E-state index in [1.165, 1.54) is 11.1 Å². The molecular formula is C24H28N4O. The van der Waals surface area contributed by atoms with Crippen LogP contribution in [0, 0.1) is 0 Å². The standard InChI is InChI=1S/C24H28N4O/c1-3-28-17-23(14-25-28)20-9-6-10-21(13-20)24(29)26-18(2)15-27-12-11-19-7-4-5-8-22(19)16-27/h4-10,13-14,17-18H,3,11-12,15-16H2,1-2H3,(H,26,29). The molecule has 4 rings (SSSR count). The average molecular weight is 389 g/mol. The second-order valence-electron chi connectivity index (χ2n) is 7.79. The first-order valence-corrected chi connectivity index (χ1v) is 10.3. The van der Waals surface area contributed by atoms with E-state index in [1.54, 1.807) is 0 Å². The molecule has 1 aromatic heterocycles. The van der Waals surface area contributed by atoms with E-state index in [2.05, 4.69) is 53.4 Å². The summed E-state index contributed by atoms with van der Waals surface area (Å²) >= 11 is 0. The fraction of sp³-hybridized carbons (Fsp3) is 0.333. The van der Waals surface area contributed by atoms with Gasteiger partial charge >= 0.3 is 0 Å². The quantitative estimate of drug-likeness (QED) is 0.700. The molecule has 1 aliphatic rings. The number of nitrogens with zero attached hydrogens (tertiary/aromatic N) is 3. The lowest BCUT2D eigenvalue weighted by Crippen LogP contribution is -2.43. The predicted octanol–water partition coefficient (Wildman–Crippen LogP) is 3.75. The van der Waals surface area contributed by atoms with Gasteiger partial charge in [-0.2, -0.15) is 5.10 Å². The molecule has 1 amide bonds. The van der Waals surface area contributed by atoms with E-state index in [-0.39, 0.29) is 11.9 Å². The first-order chi connectivity index (χ1) is 14.1. The maximum Gasteiger partial charge on any atom is 0.251 e. The molecular weight excluding hydrogens is 360 g/mol. The molecule has 0 radical (unpaired) electrons. The molecule has 1 unspecified atom stereocenters. The summed E-state index contributed by atoms with van der Waals surface area (Å²) < 4.78 is 1.89. The Labute approximate surface area is 172 Å². The van der Waals surface area contributed by atoms with Crippen LogP contribution >= 0.6 is 0 Å². The van der Waals surface area contributed by atoms with Crippen LogP contribution in [0.25, 0.3) is 11.1 Å². The third kappa shape index (κ3) is 4.57. The Morgan fingerprint density at radius 1 is 1.14 bits per heavy atom. The average Bonchev–Trinajstić information content (AvgIpc) is 3.23. The molecule has 0 bridgehead atoms. The molecule has 0 saturated carbocycles. The van der Waals surface area contributed by atoms with E-state index in [0.29, 0.717) is 5.56 Å². The van der Waals surface area contributed by atoms with E-state index in [9.17, 15) is 4.79 Å². The maximum absolute atomic E-state index is 12.8. The van der Waals surface area contributed by atoms with Gasteiger partial charge in [0.1, 0.15) is 0 Å². The molecule has 1 aliphatic heterocycles. The molecule has 0 saturated heterocycles. The molecule has 1 atom stereocenters. The van der Waals surface area contributed by atoms with E-state index >= 15 is 0 Å². The van der Waals surface area contributed by atoms with Gasteiger partial charge in [0, 0.05) is 49.5 Å². The number of aryl methyl sites for hydroxylation is 1. The van der Waals surface area contributed by atoms with Gasteiger partial charge in [0.05, 0.1) is 6.20 Å². The fourth-order valence-corrected chi connectivity index (χ4v) is 3.98. The molecule has 5 heteroatoms. The number of benzene rings is 2.